The van der Waals surface area contributed by atoms with Crippen LogP contribution in [0.2, 0.25) is 0 Å². The molecule has 122 valence electrons. The van der Waals surface area contributed by atoms with Crippen LogP contribution in [0.15, 0.2) is 11.4 Å². The summed E-state index contributed by atoms with van der Waals surface area (Å²) < 4.78 is 11.5. The van der Waals surface area contributed by atoms with Gasteiger partial charge >= 0.3 is 0 Å². The molecule has 4 nitrogen and oxygen atoms in total. The summed E-state index contributed by atoms with van der Waals surface area (Å²) in [5.41, 5.74) is 1.33. The first kappa shape index (κ1) is 16.0. The van der Waals surface area contributed by atoms with Gasteiger partial charge in [-0.3, -0.25) is 4.79 Å². The molecule has 3 rings (SSSR count). The van der Waals surface area contributed by atoms with E-state index in [1.54, 1.807) is 0 Å². The van der Waals surface area contributed by atoms with Gasteiger partial charge in [0.2, 0.25) is 5.91 Å². The van der Waals surface area contributed by atoms with E-state index in [-0.39, 0.29) is 11.5 Å². The Morgan fingerprint density at radius 3 is 3.05 bits per heavy atom. The highest BCUT2D eigenvalue weighted by atomic mass is 32.1. The summed E-state index contributed by atoms with van der Waals surface area (Å²) in [5, 5.41) is 2.17. The monoisotopic (exact) mass is 323 g/mol. The fourth-order valence-electron chi connectivity index (χ4n) is 3.47. The summed E-state index contributed by atoms with van der Waals surface area (Å²) in [6.45, 7) is 5.82. The minimum Gasteiger partial charge on any atom is -0.382 e. The number of fused-ring (bicyclic) bond motifs is 2. The minimum atomic E-state index is -0.121. The van der Waals surface area contributed by atoms with E-state index in [1.165, 1.54) is 10.4 Å². The lowest BCUT2D eigenvalue weighted by molar-refractivity contribution is -0.140. The number of nitrogens with zero attached hydrogens (tertiary/aromatic N) is 1. The van der Waals surface area contributed by atoms with Crippen LogP contribution in [0.4, 0.5) is 0 Å². The van der Waals surface area contributed by atoms with Crippen LogP contribution < -0.4 is 0 Å². The maximum atomic E-state index is 12.3. The maximum Gasteiger partial charge on any atom is 0.222 e. The van der Waals surface area contributed by atoms with Gasteiger partial charge in [-0.1, -0.05) is 0 Å². The van der Waals surface area contributed by atoms with Crippen molar-refractivity contribution in [2.75, 3.05) is 32.9 Å². The molecule has 0 bridgehead atoms. The fraction of sp³-hybridized carbons (Fsp3) is 0.706. The zero-order valence-electron chi connectivity index (χ0n) is 13.3. The largest absolute Gasteiger partial charge is 0.382 e. The summed E-state index contributed by atoms with van der Waals surface area (Å²) in [6.07, 6.45) is 4.30. The summed E-state index contributed by atoms with van der Waals surface area (Å²) in [4.78, 5) is 15.7. The predicted molar refractivity (Wildman–Crippen MR) is 87.2 cm³/mol. The second-order valence-electron chi connectivity index (χ2n) is 6.05. The number of piperidine rings is 1. The van der Waals surface area contributed by atoms with E-state index < -0.39 is 0 Å². The highest BCUT2D eigenvalue weighted by molar-refractivity contribution is 7.10. The Morgan fingerprint density at radius 1 is 1.45 bits per heavy atom. The predicted octanol–water partition coefficient (Wildman–Crippen LogP) is 2.96. The molecule has 0 radical (unpaired) electrons. The van der Waals surface area contributed by atoms with Crippen molar-refractivity contribution < 1.29 is 14.3 Å². The van der Waals surface area contributed by atoms with E-state index in [4.69, 9.17) is 9.47 Å². The average molecular weight is 323 g/mol. The number of carbonyl (C=O) groups excluding carboxylic acids is 1. The van der Waals surface area contributed by atoms with Crippen LogP contribution in [0.3, 0.4) is 0 Å². The van der Waals surface area contributed by atoms with Gasteiger partial charge < -0.3 is 14.4 Å². The van der Waals surface area contributed by atoms with Crippen LogP contribution in [-0.4, -0.2) is 43.7 Å². The Kier molecular flexibility index (Phi) is 5.16. The summed E-state index contributed by atoms with van der Waals surface area (Å²) in [6, 6.07) is 2.23. The molecule has 1 aromatic rings. The highest BCUT2D eigenvalue weighted by Gasteiger charge is 2.42. The van der Waals surface area contributed by atoms with Crippen molar-refractivity contribution in [2.24, 2.45) is 0 Å². The molecule has 3 heterocycles. The minimum absolute atomic E-state index is 0.121. The molecule has 1 aromatic heterocycles. The molecule has 22 heavy (non-hydrogen) atoms. The SMILES string of the molecule is CCOCCCC(=O)N1CCC2(CC1)OCCc1ccsc12. The molecular weight excluding hydrogens is 298 g/mol. The number of hydrogen-bond acceptors (Lipinski definition) is 4. The average Bonchev–Trinajstić information content (AvgIpc) is 3.02. The number of rotatable bonds is 5. The van der Waals surface area contributed by atoms with Crippen molar-refractivity contribution in [3.8, 4) is 0 Å². The lowest BCUT2D eigenvalue weighted by Crippen LogP contribution is -2.47. The van der Waals surface area contributed by atoms with Gasteiger partial charge in [0.05, 0.1) is 6.61 Å². The Hall–Kier alpha value is -0.910. The van der Waals surface area contributed by atoms with Crippen LogP contribution in [0, 0.1) is 0 Å². The molecule has 1 amide bonds. The molecule has 5 heteroatoms. The Labute approximate surface area is 136 Å². The maximum absolute atomic E-state index is 12.3. The summed E-state index contributed by atoms with van der Waals surface area (Å²) in [7, 11) is 0. The Morgan fingerprint density at radius 2 is 2.27 bits per heavy atom. The van der Waals surface area contributed by atoms with E-state index >= 15 is 0 Å². The van der Waals surface area contributed by atoms with Crippen molar-refractivity contribution in [1.82, 2.24) is 4.90 Å². The number of carbonyl (C=O) groups is 1. The summed E-state index contributed by atoms with van der Waals surface area (Å²) >= 11 is 1.81. The number of thiophene rings is 1. The molecule has 0 atom stereocenters. The lowest BCUT2D eigenvalue weighted by atomic mass is 9.85. The molecule has 0 aromatic carbocycles. The number of hydrogen-bond donors (Lipinski definition) is 0. The zero-order valence-corrected chi connectivity index (χ0v) is 14.1. The topological polar surface area (TPSA) is 38.8 Å². The van der Waals surface area contributed by atoms with Crippen LogP contribution in [0.1, 0.15) is 43.0 Å². The third kappa shape index (κ3) is 3.21. The number of amides is 1. The third-order valence-corrected chi connectivity index (χ3v) is 5.86. The standard InChI is InChI=1S/C17H25NO3S/c1-2-20-11-3-4-15(19)18-9-7-17(8-10-18)16-14(5-12-21-17)6-13-22-16/h6,13H,2-5,7-12H2,1H3. The lowest BCUT2D eigenvalue weighted by Gasteiger charge is -2.43. The molecule has 0 unspecified atom stereocenters. The number of ether oxygens (including phenoxy) is 2. The highest BCUT2D eigenvalue weighted by Crippen LogP contribution is 2.44. The molecule has 0 saturated carbocycles. The molecule has 0 aliphatic carbocycles. The van der Waals surface area contributed by atoms with Crippen LogP contribution >= 0.6 is 11.3 Å². The van der Waals surface area contributed by atoms with Crippen LogP contribution in [0.5, 0.6) is 0 Å². The zero-order chi connectivity index (χ0) is 15.4. The Balaban J connectivity index is 1.54. The molecule has 1 spiro atoms. The van der Waals surface area contributed by atoms with Crippen molar-refractivity contribution in [1.29, 1.82) is 0 Å². The van der Waals surface area contributed by atoms with Gasteiger partial charge in [-0.25, -0.2) is 0 Å². The van der Waals surface area contributed by atoms with Gasteiger partial charge in [-0.2, -0.15) is 0 Å². The van der Waals surface area contributed by atoms with Crippen LogP contribution in [0.25, 0.3) is 0 Å². The second-order valence-corrected chi connectivity index (χ2v) is 6.97. The third-order valence-electron chi connectivity index (χ3n) is 4.72. The van der Waals surface area contributed by atoms with E-state index in [0.717, 1.165) is 52.0 Å². The van der Waals surface area contributed by atoms with E-state index in [1.807, 2.05) is 23.2 Å². The smallest absolute Gasteiger partial charge is 0.222 e. The normalized spacial score (nSPS) is 20.1. The first-order valence-corrected chi connectivity index (χ1v) is 9.19. The second kappa shape index (κ2) is 7.11. The van der Waals surface area contributed by atoms with Gasteiger partial charge in [0.25, 0.3) is 0 Å². The molecule has 2 aliphatic heterocycles. The van der Waals surface area contributed by atoms with Gasteiger partial charge in [0.15, 0.2) is 0 Å². The van der Waals surface area contributed by atoms with Crippen molar-refractivity contribution in [3.63, 3.8) is 0 Å². The van der Waals surface area contributed by atoms with Gasteiger partial charge in [-0.05, 0) is 49.6 Å². The van der Waals surface area contributed by atoms with Crippen molar-refractivity contribution in [2.45, 2.75) is 44.6 Å². The number of likely N-dealkylation sites (tertiary alicyclic amines) is 1. The van der Waals surface area contributed by atoms with Gasteiger partial charge in [0.1, 0.15) is 5.60 Å². The molecule has 2 aliphatic rings. The fourth-order valence-corrected chi connectivity index (χ4v) is 4.64. The molecular formula is C17H25NO3S. The Bertz CT molecular complexity index is 506. The first-order chi connectivity index (χ1) is 10.7. The van der Waals surface area contributed by atoms with Crippen LogP contribution in [-0.2, 0) is 26.3 Å². The van der Waals surface area contributed by atoms with E-state index in [9.17, 15) is 4.79 Å². The van der Waals surface area contributed by atoms with E-state index in [0.29, 0.717) is 13.0 Å². The van der Waals surface area contributed by atoms with Crippen molar-refractivity contribution >= 4 is 17.2 Å². The molecule has 1 fully saturated rings. The van der Waals surface area contributed by atoms with E-state index in [2.05, 4.69) is 11.4 Å². The molecule has 1 saturated heterocycles. The summed E-state index contributed by atoms with van der Waals surface area (Å²) in [5.74, 6) is 0.261. The van der Waals surface area contributed by atoms with Crippen molar-refractivity contribution in [3.05, 3.63) is 21.9 Å². The quantitative estimate of drug-likeness (QED) is 0.782. The van der Waals surface area contributed by atoms with Gasteiger partial charge in [-0.15, -0.1) is 11.3 Å². The first-order valence-electron chi connectivity index (χ1n) is 8.31. The molecule has 0 N–H and O–H groups in total. The van der Waals surface area contributed by atoms with Gasteiger partial charge in [0, 0.05) is 37.6 Å².